The molecule has 1 atom stereocenters. The van der Waals surface area contributed by atoms with E-state index in [2.05, 4.69) is 4.98 Å². The summed E-state index contributed by atoms with van der Waals surface area (Å²) in [6.45, 7) is 1.99. The van der Waals surface area contributed by atoms with Gasteiger partial charge in [-0.25, -0.2) is 4.79 Å². The van der Waals surface area contributed by atoms with Gasteiger partial charge in [-0.05, 0) is 24.6 Å². The van der Waals surface area contributed by atoms with E-state index in [1.807, 2.05) is 6.07 Å². The van der Waals surface area contributed by atoms with E-state index in [1.165, 1.54) is 16.6 Å². The van der Waals surface area contributed by atoms with Crippen molar-refractivity contribution in [3.63, 3.8) is 0 Å². The molecule has 4 heterocycles. The number of pyridine rings is 2. The molecule has 5 rings (SSSR count). The molecule has 0 fully saturated rings. The molecule has 9 nitrogen and oxygen atoms in total. The molecular weight excluding hydrogens is 436 g/mol. The molecule has 2 aliphatic rings. The molecule has 1 amide bonds. The van der Waals surface area contributed by atoms with E-state index < -0.39 is 22.9 Å². The second kappa shape index (κ2) is 7.58. The van der Waals surface area contributed by atoms with Crippen LogP contribution in [0, 0.1) is 6.92 Å². The number of hydrogen-bond acceptors (Lipinski definition) is 7. The van der Waals surface area contributed by atoms with E-state index in [4.69, 9.17) is 15.2 Å². The van der Waals surface area contributed by atoms with Crippen LogP contribution in [0.15, 0.2) is 71.1 Å². The molecule has 0 saturated heterocycles. The van der Waals surface area contributed by atoms with Crippen molar-refractivity contribution < 1.29 is 19.1 Å². The van der Waals surface area contributed by atoms with Gasteiger partial charge in [0.15, 0.2) is 0 Å². The minimum atomic E-state index is -1.81. The molecule has 2 aliphatic heterocycles. The van der Waals surface area contributed by atoms with Gasteiger partial charge in [-0.1, -0.05) is 24.3 Å². The van der Waals surface area contributed by atoms with E-state index in [0.29, 0.717) is 16.9 Å². The van der Waals surface area contributed by atoms with Crippen LogP contribution in [0.3, 0.4) is 0 Å². The lowest BCUT2D eigenvalue weighted by atomic mass is 9.68. The number of aryl methyl sites for hydroxylation is 1. The van der Waals surface area contributed by atoms with Crippen LogP contribution < -0.4 is 20.9 Å². The summed E-state index contributed by atoms with van der Waals surface area (Å²) in [5.74, 6) is -1.48. The number of para-hydroxylation sites is 1. The van der Waals surface area contributed by atoms with Crippen molar-refractivity contribution in [2.75, 3.05) is 19.1 Å². The summed E-state index contributed by atoms with van der Waals surface area (Å²) in [7, 11) is 2.79. The number of nitrogens with two attached hydrogens (primary N) is 1. The standard InChI is InChI=1S/C25H22N4O5/c1-14-11-18-19(22(30)29(14)13-15-7-6-10-27-12-15)25(20(21(26)34-18)23(31)33-3)16-8-4-5-9-17(16)28(2)24(25)32/h4-12H,13,26H2,1-3H3/t25-/m0/s1. The van der Waals surface area contributed by atoms with E-state index in [1.54, 1.807) is 62.8 Å². The van der Waals surface area contributed by atoms with Crippen LogP contribution in [0.2, 0.25) is 0 Å². The Hall–Kier alpha value is -4.40. The van der Waals surface area contributed by atoms with Crippen molar-refractivity contribution in [2.24, 2.45) is 5.73 Å². The molecule has 0 radical (unpaired) electrons. The van der Waals surface area contributed by atoms with Gasteiger partial charge in [-0.3, -0.25) is 14.6 Å². The molecule has 34 heavy (non-hydrogen) atoms. The Balaban J connectivity index is 1.88. The van der Waals surface area contributed by atoms with Gasteiger partial charge in [0.1, 0.15) is 16.7 Å². The summed E-state index contributed by atoms with van der Waals surface area (Å²) < 4.78 is 12.3. The second-order valence-electron chi connectivity index (χ2n) is 8.24. The van der Waals surface area contributed by atoms with Gasteiger partial charge in [0.25, 0.3) is 5.56 Å². The lowest BCUT2D eigenvalue weighted by molar-refractivity contribution is -0.138. The van der Waals surface area contributed by atoms with Crippen LogP contribution in [0.1, 0.15) is 22.4 Å². The van der Waals surface area contributed by atoms with Gasteiger partial charge >= 0.3 is 5.97 Å². The van der Waals surface area contributed by atoms with Gasteiger partial charge < -0.3 is 24.7 Å². The lowest BCUT2D eigenvalue weighted by Gasteiger charge is -2.35. The summed E-state index contributed by atoms with van der Waals surface area (Å²) in [4.78, 5) is 46.7. The average molecular weight is 458 g/mol. The molecule has 0 unspecified atom stereocenters. The van der Waals surface area contributed by atoms with E-state index in [9.17, 15) is 14.4 Å². The zero-order chi connectivity index (χ0) is 24.2. The maximum absolute atomic E-state index is 14.1. The van der Waals surface area contributed by atoms with Crippen LogP contribution in [-0.4, -0.2) is 35.6 Å². The fraction of sp³-hybridized carbons (Fsp3) is 0.200. The maximum Gasteiger partial charge on any atom is 0.340 e. The number of aromatic nitrogens is 2. The number of ether oxygens (including phenoxy) is 2. The predicted molar refractivity (Wildman–Crippen MR) is 123 cm³/mol. The van der Waals surface area contributed by atoms with Crippen molar-refractivity contribution in [1.82, 2.24) is 9.55 Å². The van der Waals surface area contributed by atoms with Crippen molar-refractivity contribution >= 4 is 17.6 Å². The number of hydrogen-bond donors (Lipinski definition) is 1. The third kappa shape index (κ3) is 2.73. The van der Waals surface area contributed by atoms with Gasteiger partial charge in [0.05, 0.1) is 19.2 Å². The zero-order valence-corrected chi connectivity index (χ0v) is 18.9. The summed E-state index contributed by atoms with van der Waals surface area (Å²) in [6.07, 6.45) is 3.31. The van der Waals surface area contributed by atoms with Gasteiger partial charge in [0.2, 0.25) is 11.8 Å². The summed E-state index contributed by atoms with van der Waals surface area (Å²) in [5, 5.41) is 0. The average Bonchev–Trinajstić information content (AvgIpc) is 3.04. The lowest BCUT2D eigenvalue weighted by Crippen LogP contribution is -2.51. The Kier molecular flexibility index (Phi) is 4.78. The number of likely N-dealkylation sites (N-methyl/N-ethyl adjacent to an activating group) is 1. The molecule has 1 aromatic carbocycles. The fourth-order valence-electron chi connectivity index (χ4n) is 4.91. The third-order valence-electron chi connectivity index (χ3n) is 6.44. The molecular formula is C25H22N4O5. The number of amides is 1. The summed E-state index contributed by atoms with van der Waals surface area (Å²) in [5.41, 5.74) is 6.19. The minimum absolute atomic E-state index is 0.0263. The zero-order valence-electron chi connectivity index (χ0n) is 18.9. The van der Waals surface area contributed by atoms with Crippen LogP contribution >= 0.6 is 0 Å². The highest BCUT2D eigenvalue weighted by Crippen LogP contribution is 2.54. The van der Waals surface area contributed by atoms with Crippen molar-refractivity contribution in [3.05, 3.63) is 99.1 Å². The largest absolute Gasteiger partial charge is 0.465 e. The Morgan fingerprint density at radius 3 is 2.68 bits per heavy atom. The van der Waals surface area contributed by atoms with Crippen molar-refractivity contribution in [1.29, 1.82) is 0 Å². The van der Waals surface area contributed by atoms with Gasteiger partial charge in [-0.2, -0.15) is 0 Å². The number of rotatable bonds is 3. The third-order valence-corrected chi connectivity index (χ3v) is 6.44. The normalized spacial score (nSPS) is 18.6. The number of nitrogens with zero attached hydrogens (tertiary/aromatic N) is 3. The minimum Gasteiger partial charge on any atom is -0.465 e. The van der Waals surface area contributed by atoms with Crippen molar-refractivity contribution in [3.8, 4) is 5.75 Å². The molecule has 172 valence electrons. The van der Waals surface area contributed by atoms with E-state index in [-0.39, 0.29) is 29.3 Å². The first-order valence-corrected chi connectivity index (χ1v) is 10.6. The van der Waals surface area contributed by atoms with Crippen molar-refractivity contribution in [2.45, 2.75) is 18.9 Å². The molecule has 0 aliphatic carbocycles. The second-order valence-corrected chi connectivity index (χ2v) is 8.24. The molecule has 1 spiro atoms. The number of fused-ring (bicyclic) bond motifs is 4. The molecule has 3 aromatic rings. The number of carbonyl (C=O) groups is 2. The Labute approximate surface area is 195 Å². The first kappa shape index (κ1) is 21.4. The van der Waals surface area contributed by atoms with Crippen LogP contribution in [0.25, 0.3) is 0 Å². The number of benzene rings is 1. The fourth-order valence-corrected chi connectivity index (χ4v) is 4.91. The number of esters is 1. The maximum atomic E-state index is 14.1. The Bertz CT molecular complexity index is 1440. The Morgan fingerprint density at radius 1 is 1.21 bits per heavy atom. The van der Waals surface area contributed by atoms with Gasteiger partial charge in [-0.15, -0.1) is 0 Å². The number of anilines is 1. The first-order chi connectivity index (χ1) is 16.3. The predicted octanol–water partition coefficient (Wildman–Crippen LogP) is 1.60. The van der Waals surface area contributed by atoms with Crippen LogP contribution in [0.5, 0.6) is 5.75 Å². The Morgan fingerprint density at radius 2 is 1.97 bits per heavy atom. The van der Waals surface area contributed by atoms with Gasteiger partial charge in [0, 0.05) is 42.5 Å². The smallest absolute Gasteiger partial charge is 0.340 e. The SMILES string of the molecule is COC(=O)C1=C(N)Oc2cc(C)n(Cc3cccnc3)c(=O)c2[C@]12C(=O)N(C)c1ccccc12. The topological polar surface area (TPSA) is 117 Å². The van der Waals surface area contributed by atoms with E-state index >= 15 is 0 Å². The summed E-state index contributed by atoms with van der Waals surface area (Å²) in [6, 6.07) is 12.3. The molecule has 9 heteroatoms. The molecule has 2 aromatic heterocycles. The molecule has 0 bridgehead atoms. The molecule has 2 N–H and O–H groups in total. The highest BCUT2D eigenvalue weighted by molar-refractivity contribution is 6.18. The van der Waals surface area contributed by atoms with E-state index in [0.717, 1.165) is 5.56 Å². The van der Waals surface area contributed by atoms with Crippen LogP contribution in [-0.2, 0) is 26.3 Å². The number of methoxy groups -OCH3 is 1. The first-order valence-electron chi connectivity index (χ1n) is 10.6. The highest BCUT2D eigenvalue weighted by Gasteiger charge is 2.61. The monoisotopic (exact) mass is 458 g/mol. The number of carbonyl (C=O) groups excluding carboxylic acids is 2. The summed E-state index contributed by atoms with van der Waals surface area (Å²) >= 11 is 0. The van der Waals surface area contributed by atoms with Crippen LogP contribution in [0.4, 0.5) is 5.69 Å². The quantitative estimate of drug-likeness (QED) is 0.593. The molecule has 0 saturated carbocycles. The highest BCUT2D eigenvalue weighted by atomic mass is 16.5.